The minimum absolute atomic E-state index is 0.0495. The molecule has 1 aromatic carbocycles. The number of anilines is 4. The van der Waals surface area contributed by atoms with E-state index in [4.69, 9.17) is 34.0 Å². The van der Waals surface area contributed by atoms with Gasteiger partial charge in [0.15, 0.2) is 23.2 Å². The number of hydrogen-bond donors (Lipinski definition) is 2. The first kappa shape index (κ1) is 37.6. The first-order valence-corrected chi connectivity index (χ1v) is 18.9. The first-order chi connectivity index (χ1) is 25.5. The maximum atomic E-state index is 13.4. The van der Waals surface area contributed by atoms with E-state index in [2.05, 4.69) is 10.2 Å². The average molecular weight is 749 g/mol. The number of nitrogens with zero attached hydrogens (tertiary/aromatic N) is 7. The van der Waals surface area contributed by atoms with E-state index in [0.29, 0.717) is 67.0 Å². The number of hydrogen-bond acceptors (Lipinski definition) is 12. The van der Waals surface area contributed by atoms with Gasteiger partial charge in [0.1, 0.15) is 17.0 Å². The van der Waals surface area contributed by atoms with Crippen LogP contribution in [0.4, 0.5) is 32.6 Å². The summed E-state index contributed by atoms with van der Waals surface area (Å²) in [4.78, 5) is 54.0. The quantitative estimate of drug-likeness (QED) is 0.311. The number of rotatable bonds is 5. The van der Waals surface area contributed by atoms with Crippen molar-refractivity contribution in [3.8, 4) is 0 Å². The Labute approximate surface area is 315 Å². The zero-order valence-electron chi connectivity index (χ0n) is 32.3. The molecule has 3 aromatic rings. The number of carbonyl (C=O) groups is 3. The summed E-state index contributed by atoms with van der Waals surface area (Å²) in [6.45, 7) is 16.1. The molecule has 1 spiro atoms. The van der Waals surface area contributed by atoms with Crippen molar-refractivity contribution in [1.82, 2.24) is 25.1 Å². The molecule has 54 heavy (non-hydrogen) atoms. The number of aromatic nitrogens is 4. The van der Waals surface area contributed by atoms with Crippen LogP contribution in [0.2, 0.25) is 0 Å². The number of amides is 2. The number of piperidine rings is 1. The number of benzene rings is 1. The molecule has 0 aliphatic carbocycles. The minimum Gasteiger partial charge on any atom is -0.478 e. The number of nitrogens with one attached hydrogen (secondary N) is 1. The largest absolute Gasteiger partial charge is 0.478 e. The molecule has 0 bridgehead atoms. The third kappa shape index (κ3) is 7.50. The van der Waals surface area contributed by atoms with Gasteiger partial charge < -0.3 is 39.2 Å². The average Bonchev–Trinajstić information content (AvgIpc) is 3.63. The zero-order chi connectivity index (χ0) is 38.6. The Balaban J connectivity index is 1.20. The van der Waals surface area contributed by atoms with Gasteiger partial charge in [0.25, 0.3) is 0 Å². The van der Waals surface area contributed by atoms with Crippen LogP contribution in [0.1, 0.15) is 97.2 Å². The molecule has 0 saturated carbocycles. The molecule has 7 rings (SSSR count). The van der Waals surface area contributed by atoms with Crippen LogP contribution in [0.15, 0.2) is 24.4 Å². The van der Waals surface area contributed by atoms with E-state index in [0.717, 1.165) is 32.1 Å². The van der Waals surface area contributed by atoms with E-state index in [1.807, 2.05) is 37.3 Å². The van der Waals surface area contributed by atoms with Crippen molar-refractivity contribution >= 4 is 52.3 Å². The van der Waals surface area contributed by atoms with Gasteiger partial charge in [-0.15, -0.1) is 5.10 Å². The Morgan fingerprint density at radius 3 is 2.37 bits per heavy atom. The summed E-state index contributed by atoms with van der Waals surface area (Å²) in [7, 11) is 0. The summed E-state index contributed by atoms with van der Waals surface area (Å²) < 4.78 is 25.4. The smallest absolute Gasteiger partial charge is 0.414 e. The molecule has 292 valence electrons. The van der Waals surface area contributed by atoms with E-state index in [9.17, 15) is 19.5 Å². The monoisotopic (exact) mass is 748 g/mol. The fourth-order valence-corrected chi connectivity index (χ4v) is 7.93. The van der Waals surface area contributed by atoms with Crippen molar-refractivity contribution in [2.45, 2.75) is 110 Å². The molecule has 2 N–H and O–H groups in total. The standard InChI is InChI=1S/C38H52N8O8/c1-23-30(41-34(49)53-36(2,3)4)38(22-52-23)13-15-43(16-14-38)27-21-39-29-31(40-27)46(28-10-8-9-19-51-28)42-32(29)44-17-18-45(35(50)54-37(5,6)7)26-20-24(33(47)48)11-12-25(26)44/h11-12,20-21,23,28,30H,8-10,13-19,22H2,1-7H3,(H,41,49)(H,47,48)/t23-,28?,30+/m0/s1. The van der Waals surface area contributed by atoms with E-state index >= 15 is 0 Å². The third-order valence-electron chi connectivity index (χ3n) is 10.5. The number of carbonyl (C=O) groups excluding carboxylic acids is 2. The Hall–Kier alpha value is -4.70. The summed E-state index contributed by atoms with van der Waals surface area (Å²) >= 11 is 0. The van der Waals surface area contributed by atoms with Gasteiger partial charge in [0, 0.05) is 38.2 Å². The highest BCUT2D eigenvalue weighted by molar-refractivity contribution is 6.00. The molecule has 3 atom stereocenters. The van der Waals surface area contributed by atoms with Crippen LogP contribution < -0.4 is 20.0 Å². The summed E-state index contributed by atoms with van der Waals surface area (Å²) in [6.07, 6.45) is 4.58. The molecule has 16 heteroatoms. The second-order valence-corrected chi connectivity index (χ2v) is 16.8. The highest BCUT2D eigenvalue weighted by Crippen LogP contribution is 2.44. The van der Waals surface area contributed by atoms with Crippen LogP contribution in [0, 0.1) is 5.41 Å². The maximum Gasteiger partial charge on any atom is 0.414 e. The van der Waals surface area contributed by atoms with Crippen molar-refractivity contribution in [2.75, 3.05) is 54.1 Å². The van der Waals surface area contributed by atoms with Gasteiger partial charge in [-0.2, -0.15) is 0 Å². The van der Waals surface area contributed by atoms with Crippen molar-refractivity contribution in [3.05, 3.63) is 30.0 Å². The topological polar surface area (TPSA) is 174 Å². The molecule has 6 heterocycles. The van der Waals surface area contributed by atoms with Crippen molar-refractivity contribution in [2.24, 2.45) is 5.41 Å². The van der Waals surface area contributed by atoms with Gasteiger partial charge in [-0.3, -0.25) is 4.90 Å². The molecule has 4 aliphatic heterocycles. The molecule has 3 saturated heterocycles. The number of aromatic carboxylic acids is 1. The Morgan fingerprint density at radius 2 is 1.70 bits per heavy atom. The molecule has 1 unspecified atom stereocenters. The van der Waals surface area contributed by atoms with E-state index < -0.39 is 29.4 Å². The summed E-state index contributed by atoms with van der Waals surface area (Å²) in [6, 6.07) is 4.53. The molecule has 16 nitrogen and oxygen atoms in total. The van der Waals surface area contributed by atoms with Crippen LogP contribution in [0.5, 0.6) is 0 Å². The Morgan fingerprint density at radius 1 is 0.963 bits per heavy atom. The van der Waals surface area contributed by atoms with Crippen LogP contribution in [-0.4, -0.2) is 106 Å². The summed E-state index contributed by atoms with van der Waals surface area (Å²) in [5.74, 6) is 0.151. The van der Waals surface area contributed by atoms with Crippen LogP contribution in [-0.2, 0) is 18.9 Å². The second-order valence-electron chi connectivity index (χ2n) is 16.8. The normalized spacial score (nSPS) is 23.0. The molecule has 4 aliphatic rings. The van der Waals surface area contributed by atoms with Crippen LogP contribution in [0.3, 0.4) is 0 Å². The van der Waals surface area contributed by atoms with Crippen molar-refractivity contribution in [1.29, 1.82) is 0 Å². The first-order valence-electron chi connectivity index (χ1n) is 18.9. The lowest BCUT2D eigenvalue weighted by Gasteiger charge is -2.42. The summed E-state index contributed by atoms with van der Waals surface area (Å²) in [5.41, 5.74) is 0.634. The highest BCUT2D eigenvalue weighted by Gasteiger charge is 2.51. The lowest BCUT2D eigenvalue weighted by atomic mass is 9.73. The molecular formula is C38H52N8O8. The Bertz CT molecular complexity index is 1900. The minimum atomic E-state index is -1.10. The summed E-state index contributed by atoms with van der Waals surface area (Å²) in [5, 5.41) is 18.0. The fraction of sp³-hybridized carbons (Fsp3) is 0.632. The fourth-order valence-electron chi connectivity index (χ4n) is 7.93. The van der Waals surface area contributed by atoms with Gasteiger partial charge >= 0.3 is 18.2 Å². The third-order valence-corrected chi connectivity index (χ3v) is 10.5. The highest BCUT2D eigenvalue weighted by atomic mass is 16.6. The predicted molar refractivity (Wildman–Crippen MR) is 201 cm³/mol. The lowest BCUT2D eigenvalue weighted by molar-refractivity contribution is -0.0368. The second kappa shape index (κ2) is 14.2. The van der Waals surface area contributed by atoms with Gasteiger partial charge in [0.05, 0.1) is 41.9 Å². The van der Waals surface area contributed by atoms with Gasteiger partial charge in [0.2, 0.25) is 0 Å². The number of carboxylic acids is 1. The van der Waals surface area contributed by atoms with E-state index in [1.54, 1.807) is 33.0 Å². The molecule has 3 fully saturated rings. The van der Waals surface area contributed by atoms with Gasteiger partial charge in [-0.25, -0.2) is 29.0 Å². The Kier molecular flexibility index (Phi) is 9.88. The molecule has 0 radical (unpaired) electrons. The van der Waals surface area contributed by atoms with Crippen molar-refractivity contribution < 1.29 is 38.4 Å². The van der Waals surface area contributed by atoms with Gasteiger partial charge in [-0.05, 0) is 98.8 Å². The number of carboxylic acid groups (broad SMARTS) is 1. The lowest BCUT2D eigenvalue weighted by Crippen LogP contribution is -2.55. The number of ether oxygens (including phenoxy) is 4. The van der Waals surface area contributed by atoms with Gasteiger partial charge in [-0.1, -0.05) is 0 Å². The molecule has 2 amide bonds. The van der Waals surface area contributed by atoms with Crippen molar-refractivity contribution in [3.63, 3.8) is 0 Å². The predicted octanol–water partition coefficient (Wildman–Crippen LogP) is 6.02. The zero-order valence-corrected chi connectivity index (χ0v) is 32.3. The van der Waals surface area contributed by atoms with Crippen LogP contribution >= 0.6 is 0 Å². The van der Waals surface area contributed by atoms with Crippen LogP contribution in [0.25, 0.3) is 11.2 Å². The molecular weight excluding hydrogens is 696 g/mol. The number of alkyl carbamates (subject to hydrolysis) is 1. The van der Waals surface area contributed by atoms with E-state index in [-0.39, 0.29) is 35.9 Å². The SMILES string of the molecule is C[C@@H]1OCC2(CCN(c3cnc4c(N5CCN(C(=O)OC(C)(C)C)c6cc(C(=O)O)ccc65)nn(C5CCCCO5)c4n3)CC2)[C@@H]1NC(=O)OC(C)(C)C. The maximum absolute atomic E-state index is 13.4. The molecule has 2 aromatic heterocycles. The van der Waals surface area contributed by atoms with E-state index in [1.165, 1.54) is 17.0 Å². The number of fused-ring (bicyclic) bond motifs is 2.